The number of amides is 1. The molecular formula is C17H18N2O2. The molecule has 3 rings (SSSR count). The highest BCUT2D eigenvalue weighted by molar-refractivity contribution is 5.76. The fraction of sp³-hybridized carbons (Fsp3) is 0.294. The minimum Gasteiger partial charge on any atom is -0.508 e. The molecule has 4 nitrogen and oxygen atoms in total. The third-order valence-electron chi connectivity index (χ3n) is 3.88. The number of phenols is 1. The quantitative estimate of drug-likeness (QED) is 0.940. The van der Waals surface area contributed by atoms with E-state index in [0.29, 0.717) is 19.4 Å². The number of rotatable bonds is 3. The van der Waals surface area contributed by atoms with E-state index in [9.17, 15) is 9.90 Å². The molecule has 4 heteroatoms. The number of carbonyl (C=O) groups excluding carboxylic acids is 1. The van der Waals surface area contributed by atoms with Crippen LogP contribution in [0, 0.1) is 0 Å². The predicted molar refractivity (Wildman–Crippen MR) is 79.8 cm³/mol. The van der Waals surface area contributed by atoms with Crippen LogP contribution >= 0.6 is 0 Å². The van der Waals surface area contributed by atoms with Crippen LogP contribution in [0.5, 0.6) is 5.75 Å². The summed E-state index contributed by atoms with van der Waals surface area (Å²) in [6, 6.07) is 11.2. The number of fused-ring (bicyclic) bond motifs is 1. The number of benzene rings is 1. The van der Waals surface area contributed by atoms with Crippen molar-refractivity contribution in [2.45, 2.75) is 25.8 Å². The van der Waals surface area contributed by atoms with Crippen molar-refractivity contribution in [1.82, 2.24) is 9.88 Å². The molecule has 0 fully saturated rings. The largest absolute Gasteiger partial charge is 0.508 e. The van der Waals surface area contributed by atoms with E-state index < -0.39 is 0 Å². The minimum atomic E-state index is 0.148. The van der Waals surface area contributed by atoms with Gasteiger partial charge >= 0.3 is 0 Å². The fourth-order valence-electron chi connectivity index (χ4n) is 2.70. The molecule has 0 radical (unpaired) electrons. The fourth-order valence-corrected chi connectivity index (χ4v) is 2.70. The lowest BCUT2D eigenvalue weighted by atomic mass is 9.99. The van der Waals surface area contributed by atoms with Gasteiger partial charge in [0.15, 0.2) is 0 Å². The normalized spacial score (nSPS) is 13.8. The van der Waals surface area contributed by atoms with Crippen molar-refractivity contribution < 1.29 is 9.90 Å². The van der Waals surface area contributed by atoms with Crippen LogP contribution in [0.1, 0.15) is 23.2 Å². The van der Waals surface area contributed by atoms with Crippen LogP contribution in [0.15, 0.2) is 42.6 Å². The Morgan fingerprint density at radius 1 is 1.24 bits per heavy atom. The average Bonchev–Trinajstić information content (AvgIpc) is 2.53. The second-order valence-electron chi connectivity index (χ2n) is 5.34. The SMILES string of the molecule is O=C(CCc1ccccn1)N1CCc2ccc(O)cc2C1. The summed E-state index contributed by atoms with van der Waals surface area (Å²) in [5.41, 5.74) is 3.22. The minimum absolute atomic E-state index is 0.148. The van der Waals surface area contributed by atoms with Gasteiger partial charge < -0.3 is 10.0 Å². The zero-order valence-electron chi connectivity index (χ0n) is 11.8. The van der Waals surface area contributed by atoms with E-state index in [-0.39, 0.29) is 11.7 Å². The van der Waals surface area contributed by atoms with Gasteiger partial charge in [-0.05, 0) is 48.2 Å². The summed E-state index contributed by atoms with van der Waals surface area (Å²) in [5.74, 6) is 0.409. The van der Waals surface area contributed by atoms with E-state index in [2.05, 4.69) is 4.98 Å². The lowest BCUT2D eigenvalue weighted by molar-refractivity contribution is -0.132. The summed E-state index contributed by atoms with van der Waals surface area (Å²) < 4.78 is 0. The number of aryl methyl sites for hydroxylation is 1. The smallest absolute Gasteiger partial charge is 0.223 e. The number of aromatic hydroxyl groups is 1. The van der Waals surface area contributed by atoms with Gasteiger partial charge in [-0.1, -0.05) is 12.1 Å². The number of carbonyl (C=O) groups is 1. The summed E-state index contributed by atoms with van der Waals surface area (Å²) in [4.78, 5) is 18.4. The third kappa shape index (κ3) is 3.21. The standard InChI is InChI=1S/C17H18N2O2/c20-16-6-4-13-8-10-19(12-14(13)11-16)17(21)7-5-15-3-1-2-9-18-15/h1-4,6,9,11,20H,5,7-8,10,12H2. The van der Waals surface area contributed by atoms with Crippen LogP contribution in [0.25, 0.3) is 0 Å². The van der Waals surface area contributed by atoms with Crippen LogP contribution in [-0.2, 0) is 24.2 Å². The van der Waals surface area contributed by atoms with Crippen LogP contribution in [0.2, 0.25) is 0 Å². The number of hydrogen-bond acceptors (Lipinski definition) is 3. The highest BCUT2D eigenvalue weighted by atomic mass is 16.3. The average molecular weight is 282 g/mol. The molecule has 1 aromatic carbocycles. The molecule has 0 spiro atoms. The van der Waals surface area contributed by atoms with Crippen molar-refractivity contribution in [2.75, 3.05) is 6.54 Å². The zero-order chi connectivity index (χ0) is 14.7. The maximum Gasteiger partial charge on any atom is 0.223 e. The molecule has 0 saturated heterocycles. The molecule has 2 aromatic rings. The van der Waals surface area contributed by atoms with Crippen LogP contribution < -0.4 is 0 Å². The molecule has 0 bridgehead atoms. The van der Waals surface area contributed by atoms with Crippen LogP contribution in [-0.4, -0.2) is 27.4 Å². The first-order valence-corrected chi connectivity index (χ1v) is 7.21. The Bertz CT molecular complexity index is 640. The lowest BCUT2D eigenvalue weighted by Gasteiger charge is -2.29. The summed E-state index contributed by atoms with van der Waals surface area (Å²) in [6.45, 7) is 1.34. The number of hydrogen-bond donors (Lipinski definition) is 1. The molecule has 21 heavy (non-hydrogen) atoms. The highest BCUT2D eigenvalue weighted by Gasteiger charge is 2.20. The number of nitrogens with zero attached hydrogens (tertiary/aromatic N) is 2. The molecule has 0 unspecified atom stereocenters. The van der Waals surface area contributed by atoms with Gasteiger partial charge in [0.2, 0.25) is 5.91 Å². The van der Waals surface area contributed by atoms with Gasteiger partial charge in [0, 0.05) is 31.4 Å². The summed E-state index contributed by atoms with van der Waals surface area (Å²) in [7, 11) is 0. The summed E-state index contributed by atoms with van der Waals surface area (Å²) in [6.07, 6.45) is 3.75. The van der Waals surface area contributed by atoms with Gasteiger partial charge in [0.05, 0.1) is 0 Å². The van der Waals surface area contributed by atoms with E-state index in [1.165, 1.54) is 5.56 Å². The molecule has 0 atom stereocenters. The Balaban J connectivity index is 1.61. The van der Waals surface area contributed by atoms with E-state index in [1.807, 2.05) is 29.2 Å². The molecule has 108 valence electrons. The zero-order valence-corrected chi connectivity index (χ0v) is 11.8. The Morgan fingerprint density at radius 3 is 2.95 bits per heavy atom. The van der Waals surface area contributed by atoms with Gasteiger partial charge in [-0.15, -0.1) is 0 Å². The van der Waals surface area contributed by atoms with Crippen molar-refractivity contribution in [1.29, 1.82) is 0 Å². The molecule has 0 saturated carbocycles. The third-order valence-corrected chi connectivity index (χ3v) is 3.88. The van der Waals surface area contributed by atoms with Crippen LogP contribution in [0.3, 0.4) is 0 Å². The molecule has 1 N–H and O–H groups in total. The van der Waals surface area contributed by atoms with Crippen molar-refractivity contribution in [3.8, 4) is 5.75 Å². The van der Waals surface area contributed by atoms with Gasteiger partial charge in [-0.3, -0.25) is 9.78 Å². The Hall–Kier alpha value is -2.36. The molecule has 0 aliphatic carbocycles. The molecule has 1 amide bonds. The maximum atomic E-state index is 12.3. The molecule has 2 heterocycles. The van der Waals surface area contributed by atoms with E-state index in [1.54, 1.807) is 18.3 Å². The number of pyridine rings is 1. The lowest BCUT2D eigenvalue weighted by Crippen LogP contribution is -2.36. The second-order valence-corrected chi connectivity index (χ2v) is 5.34. The molecule has 1 aliphatic rings. The molecule has 1 aliphatic heterocycles. The molecular weight excluding hydrogens is 264 g/mol. The number of phenolic OH excluding ortho intramolecular Hbond substituents is 1. The Labute approximate surface area is 124 Å². The number of aromatic nitrogens is 1. The first-order valence-electron chi connectivity index (χ1n) is 7.21. The van der Waals surface area contributed by atoms with Crippen molar-refractivity contribution in [3.05, 3.63) is 59.4 Å². The maximum absolute atomic E-state index is 12.3. The first kappa shape index (κ1) is 13.6. The van der Waals surface area contributed by atoms with Gasteiger partial charge in [-0.25, -0.2) is 0 Å². The summed E-state index contributed by atoms with van der Waals surface area (Å²) in [5, 5.41) is 9.55. The monoisotopic (exact) mass is 282 g/mol. The second kappa shape index (κ2) is 5.95. The Kier molecular flexibility index (Phi) is 3.86. The first-order chi connectivity index (χ1) is 10.2. The topological polar surface area (TPSA) is 53.4 Å². The van der Waals surface area contributed by atoms with Gasteiger partial charge in [-0.2, -0.15) is 0 Å². The van der Waals surface area contributed by atoms with Gasteiger partial charge in [0.25, 0.3) is 0 Å². The molecule has 1 aromatic heterocycles. The Morgan fingerprint density at radius 2 is 2.14 bits per heavy atom. The summed E-state index contributed by atoms with van der Waals surface area (Å²) >= 11 is 0. The van der Waals surface area contributed by atoms with Crippen molar-refractivity contribution in [2.24, 2.45) is 0 Å². The van der Waals surface area contributed by atoms with Gasteiger partial charge in [0.1, 0.15) is 5.75 Å². The van der Waals surface area contributed by atoms with E-state index >= 15 is 0 Å². The highest BCUT2D eigenvalue weighted by Crippen LogP contribution is 2.23. The predicted octanol–water partition coefficient (Wildman–Crippen LogP) is 2.30. The van der Waals surface area contributed by atoms with E-state index in [0.717, 1.165) is 24.2 Å². The van der Waals surface area contributed by atoms with Crippen molar-refractivity contribution >= 4 is 5.91 Å². The van der Waals surface area contributed by atoms with Crippen LogP contribution in [0.4, 0.5) is 0 Å². The van der Waals surface area contributed by atoms with Crippen molar-refractivity contribution in [3.63, 3.8) is 0 Å². The van der Waals surface area contributed by atoms with E-state index in [4.69, 9.17) is 0 Å².